The Balaban J connectivity index is 1.24. The molecule has 30 heavy (non-hydrogen) atoms. The quantitative estimate of drug-likeness (QED) is 0.825. The SMILES string of the molecule is CC(=O)Nc1ccccc1CCCN1CC[C@H]2[C@@H](C1)c1cccc3c1N2CCN3C. The third-order valence-corrected chi connectivity index (χ3v) is 7.13. The summed E-state index contributed by atoms with van der Waals surface area (Å²) in [5.74, 6) is 0.628. The van der Waals surface area contributed by atoms with Gasteiger partial charge in [0.25, 0.3) is 0 Å². The lowest BCUT2D eigenvalue weighted by Crippen LogP contribution is -2.49. The van der Waals surface area contributed by atoms with E-state index >= 15 is 0 Å². The number of fused-ring (bicyclic) bond motifs is 3. The third kappa shape index (κ3) is 3.45. The summed E-state index contributed by atoms with van der Waals surface area (Å²) in [7, 11) is 2.22. The van der Waals surface area contributed by atoms with Crippen LogP contribution < -0.4 is 15.1 Å². The van der Waals surface area contributed by atoms with E-state index in [0.717, 1.165) is 44.7 Å². The van der Waals surface area contributed by atoms with Crippen molar-refractivity contribution in [3.8, 4) is 0 Å². The van der Waals surface area contributed by atoms with E-state index in [-0.39, 0.29) is 5.91 Å². The Bertz CT molecular complexity index is 942. The lowest BCUT2D eigenvalue weighted by Gasteiger charge is -2.41. The molecule has 1 saturated heterocycles. The predicted octanol–water partition coefficient (Wildman–Crippen LogP) is 3.71. The molecular formula is C25H32N4O. The molecule has 3 aliphatic rings. The Hall–Kier alpha value is -2.53. The first-order valence-electron chi connectivity index (χ1n) is 11.3. The van der Waals surface area contributed by atoms with Gasteiger partial charge >= 0.3 is 0 Å². The van der Waals surface area contributed by atoms with Gasteiger partial charge in [-0.2, -0.15) is 0 Å². The van der Waals surface area contributed by atoms with Crippen LogP contribution in [-0.4, -0.2) is 56.6 Å². The van der Waals surface area contributed by atoms with Gasteiger partial charge in [0, 0.05) is 57.8 Å². The smallest absolute Gasteiger partial charge is 0.221 e. The molecule has 1 amide bonds. The maximum atomic E-state index is 11.5. The molecule has 5 nitrogen and oxygen atoms in total. The molecular weight excluding hydrogens is 372 g/mol. The predicted molar refractivity (Wildman–Crippen MR) is 124 cm³/mol. The van der Waals surface area contributed by atoms with Gasteiger partial charge in [0.2, 0.25) is 5.91 Å². The van der Waals surface area contributed by atoms with Crippen molar-refractivity contribution in [1.29, 1.82) is 0 Å². The molecule has 2 aromatic carbocycles. The molecule has 0 saturated carbocycles. The summed E-state index contributed by atoms with van der Waals surface area (Å²) in [5, 5.41) is 2.97. The maximum Gasteiger partial charge on any atom is 0.221 e. The van der Waals surface area contributed by atoms with Crippen molar-refractivity contribution in [2.75, 3.05) is 54.9 Å². The lowest BCUT2D eigenvalue weighted by atomic mass is 9.89. The Kier molecular flexibility index (Phi) is 5.15. The van der Waals surface area contributed by atoms with Crippen molar-refractivity contribution in [3.63, 3.8) is 0 Å². The first-order valence-corrected chi connectivity index (χ1v) is 11.3. The molecule has 3 heterocycles. The number of hydrogen-bond donors (Lipinski definition) is 1. The lowest BCUT2D eigenvalue weighted by molar-refractivity contribution is -0.114. The minimum Gasteiger partial charge on any atom is -0.371 e. The summed E-state index contributed by atoms with van der Waals surface area (Å²) < 4.78 is 0. The highest BCUT2D eigenvalue weighted by atomic mass is 16.1. The first kappa shape index (κ1) is 19.4. The summed E-state index contributed by atoms with van der Waals surface area (Å²) in [6, 6.07) is 15.8. The summed E-state index contributed by atoms with van der Waals surface area (Å²) >= 11 is 0. The van der Waals surface area contributed by atoms with Gasteiger partial charge in [-0.25, -0.2) is 0 Å². The third-order valence-electron chi connectivity index (χ3n) is 7.13. The standard InChI is InChI=1S/C25H32N4O/c1-18(30)26-22-10-4-3-7-19(22)8-6-13-28-14-12-23-21(17-28)20-9-5-11-24-25(20)29(23)16-15-27(24)2/h3-5,7,9-11,21,23H,6,8,12-17H2,1-2H3,(H,26,30)/t21-,23-/m0/s1. The van der Waals surface area contributed by atoms with Crippen LogP contribution in [0.4, 0.5) is 17.1 Å². The van der Waals surface area contributed by atoms with E-state index in [1.165, 1.54) is 29.9 Å². The summed E-state index contributed by atoms with van der Waals surface area (Å²) in [4.78, 5) is 19.2. The van der Waals surface area contributed by atoms with E-state index in [0.29, 0.717) is 12.0 Å². The number of nitrogens with one attached hydrogen (secondary N) is 1. The number of aryl methyl sites for hydroxylation is 1. The van der Waals surface area contributed by atoms with Crippen molar-refractivity contribution in [2.45, 2.75) is 38.1 Å². The highest BCUT2D eigenvalue weighted by Gasteiger charge is 2.44. The van der Waals surface area contributed by atoms with Gasteiger partial charge in [-0.3, -0.25) is 4.79 Å². The minimum absolute atomic E-state index is 0.00338. The zero-order valence-electron chi connectivity index (χ0n) is 18.1. The summed E-state index contributed by atoms with van der Waals surface area (Å²) in [6.45, 7) is 7.31. The van der Waals surface area contributed by atoms with Gasteiger partial charge < -0.3 is 20.0 Å². The van der Waals surface area contributed by atoms with Gasteiger partial charge in [0.05, 0.1) is 11.4 Å². The number of carbonyl (C=O) groups is 1. The summed E-state index contributed by atoms with van der Waals surface area (Å²) in [5.41, 5.74) is 6.67. The number of likely N-dealkylation sites (N-methyl/N-ethyl adjacent to an activating group) is 1. The maximum absolute atomic E-state index is 11.5. The van der Waals surface area contributed by atoms with Crippen LogP contribution in [0.2, 0.25) is 0 Å². The monoisotopic (exact) mass is 404 g/mol. The molecule has 5 rings (SSSR count). The van der Waals surface area contributed by atoms with Crippen LogP contribution in [0.1, 0.15) is 36.8 Å². The second kappa shape index (κ2) is 7.95. The van der Waals surface area contributed by atoms with Crippen molar-refractivity contribution < 1.29 is 4.79 Å². The number of hydrogen-bond acceptors (Lipinski definition) is 4. The van der Waals surface area contributed by atoms with Crippen molar-refractivity contribution >= 4 is 23.0 Å². The Morgan fingerprint density at radius 1 is 1.10 bits per heavy atom. The Labute approximate surface area is 179 Å². The normalized spacial score (nSPS) is 22.6. The molecule has 1 fully saturated rings. The molecule has 0 radical (unpaired) electrons. The fourth-order valence-electron chi connectivity index (χ4n) is 5.72. The van der Waals surface area contributed by atoms with Crippen LogP contribution in [0.15, 0.2) is 42.5 Å². The fourth-order valence-corrected chi connectivity index (χ4v) is 5.72. The van der Waals surface area contributed by atoms with Crippen molar-refractivity contribution in [1.82, 2.24) is 4.90 Å². The van der Waals surface area contributed by atoms with Gasteiger partial charge in [-0.05, 0) is 49.1 Å². The van der Waals surface area contributed by atoms with Crippen LogP contribution in [0.5, 0.6) is 0 Å². The number of nitrogens with zero attached hydrogens (tertiary/aromatic N) is 3. The average molecular weight is 405 g/mol. The largest absolute Gasteiger partial charge is 0.371 e. The zero-order chi connectivity index (χ0) is 20.7. The number of amides is 1. The Morgan fingerprint density at radius 2 is 1.97 bits per heavy atom. The molecule has 2 aromatic rings. The van der Waals surface area contributed by atoms with E-state index < -0.39 is 0 Å². The van der Waals surface area contributed by atoms with Crippen LogP contribution in [0.3, 0.4) is 0 Å². The molecule has 158 valence electrons. The van der Waals surface area contributed by atoms with E-state index in [4.69, 9.17) is 0 Å². The topological polar surface area (TPSA) is 38.8 Å². The zero-order valence-corrected chi connectivity index (χ0v) is 18.1. The molecule has 0 bridgehead atoms. The van der Waals surface area contributed by atoms with Gasteiger partial charge in [-0.1, -0.05) is 30.3 Å². The number of carbonyl (C=O) groups excluding carboxylic acids is 1. The molecule has 3 aliphatic heterocycles. The van der Waals surface area contributed by atoms with E-state index in [2.05, 4.69) is 57.4 Å². The van der Waals surface area contributed by atoms with Gasteiger partial charge in [-0.15, -0.1) is 0 Å². The van der Waals surface area contributed by atoms with Gasteiger partial charge in [0.1, 0.15) is 0 Å². The second-order valence-electron chi connectivity index (χ2n) is 9.03. The van der Waals surface area contributed by atoms with Gasteiger partial charge in [0.15, 0.2) is 0 Å². The molecule has 5 heteroatoms. The van der Waals surface area contributed by atoms with E-state index in [9.17, 15) is 4.79 Å². The number of benzene rings is 2. The molecule has 1 N–H and O–H groups in total. The molecule has 0 spiro atoms. The highest BCUT2D eigenvalue weighted by Crippen LogP contribution is 2.50. The molecule has 2 atom stereocenters. The van der Waals surface area contributed by atoms with Crippen molar-refractivity contribution in [2.24, 2.45) is 0 Å². The number of piperidine rings is 1. The average Bonchev–Trinajstić information content (AvgIpc) is 3.06. The van der Waals surface area contributed by atoms with Crippen molar-refractivity contribution in [3.05, 3.63) is 53.6 Å². The molecule has 0 unspecified atom stereocenters. The van der Waals surface area contributed by atoms with Crippen LogP contribution in [0, 0.1) is 0 Å². The minimum atomic E-state index is -0.00338. The number of rotatable bonds is 5. The number of likely N-dealkylation sites (tertiary alicyclic amines) is 1. The number of para-hydroxylation sites is 2. The van der Waals surface area contributed by atoms with Crippen LogP contribution >= 0.6 is 0 Å². The Morgan fingerprint density at radius 3 is 2.83 bits per heavy atom. The fraction of sp³-hybridized carbons (Fsp3) is 0.480. The van der Waals surface area contributed by atoms with E-state index in [1.807, 2.05) is 12.1 Å². The highest BCUT2D eigenvalue weighted by molar-refractivity contribution is 5.89. The molecule has 0 aromatic heterocycles. The van der Waals surface area contributed by atoms with Crippen LogP contribution in [-0.2, 0) is 11.2 Å². The van der Waals surface area contributed by atoms with E-state index in [1.54, 1.807) is 12.5 Å². The van der Waals surface area contributed by atoms with Crippen LogP contribution in [0.25, 0.3) is 0 Å². The second-order valence-corrected chi connectivity index (χ2v) is 9.03. The first-order chi connectivity index (χ1) is 14.6. The molecule has 0 aliphatic carbocycles. The number of anilines is 3. The summed E-state index contributed by atoms with van der Waals surface area (Å²) in [6.07, 6.45) is 3.37.